The minimum atomic E-state index is -0.333. The standard InChI is InChI=1S/C6H11NO2.C2H5NO.C2H6/c1-7-6(8)5-2-3-9-4-5;1-2(3)4;1-2/h5H,2-4H2,1H3,(H,7,8);1H3,(H2,3,4);1-2H3/t5-;;/m1../s1. The number of ether oxygens (including phenoxy) is 1. The molecule has 0 aromatic heterocycles. The fraction of sp³-hybridized carbons (Fsp3) is 0.800. The third-order valence-corrected chi connectivity index (χ3v) is 1.55. The lowest BCUT2D eigenvalue weighted by atomic mass is 10.1. The van der Waals surface area contributed by atoms with Crippen LogP contribution >= 0.6 is 0 Å². The summed E-state index contributed by atoms with van der Waals surface area (Å²) in [4.78, 5) is 20.0. The normalized spacial score (nSPS) is 17.7. The van der Waals surface area contributed by atoms with Gasteiger partial charge in [-0.2, -0.15) is 0 Å². The maximum atomic E-state index is 10.8. The second kappa shape index (κ2) is 11.0. The van der Waals surface area contributed by atoms with Crippen molar-refractivity contribution < 1.29 is 14.3 Å². The zero-order chi connectivity index (χ0) is 12.3. The highest BCUT2D eigenvalue weighted by molar-refractivity contribution is 5.78. The molecule has 0 aliphatic carbocycles. The first-order chi connectivity index (χ1) is 7.07. The van der Waals surface area contributed by atoms with Crippen molar-refractivity contribution >= 4 is 11.8 Å². The Kier molecular flexibility index (Phi) is 12.0. The van der Waals surface area contributed by atoms with Crippen LogP contribution < -0.4 is 11.1 Å². The zero-order valence-electron chi connectivity index (χ0n) is 10.0. The lowest BCUT2D eigenvalue weighted by Crippen LogP contribution is -2.27. The summed E-state index contributed by atoms with van der Waals surface area (Å²) < 4.78 is 5.02. The number of hydrogen-bond donors (Lipinski definition) is 2. The third kappa shape index (κ3) is 10.8. The molecule has 0 spiro atoms. The first kappa shape index (κ1) is 16.3. The van der Waals surface area contributed by atoms with Crippen LogP contribution in [-0.4, -0.2) is 32.1 Å². The van der Waals surface area contributed by atoms with Gasteiger partial charge < -0.3 is 15.8 Å². The summed E-state index contributed by atoms with van der Waals surface area (Å²) in [6.45, 7) is 6.64. The molecule has 0 aromatic carbocycles. The second-order valence-electron chi connectivity index (χ2n) is 2.79. The Morgan fingerprint density at radius 3 is 2.13 bits per heavy atom. The highest BCUT2D eigenvalue weighted by Crippen LogP contribution is 2.11. The van der Waals surface area contributed by atoms with Crippen LogP contribution in [-0.2, 0) is 14.3 Å². The van der Waals surface area contributed by atoms with E-state index in [0.717, 1.165) is 13.0 Å². The zero-order valence-corrected chi connectivity index (χ0v) is 10.0. The molecular weight excluding hydrogens is 196 g/mol. The predicted octanol–water partition coefficient (Wildman–Crippen LogP) is 0.287. The number of amides is 2. The Morgan fingerprint density at radius 2 is 1.87 bits per heavy atom. The van der Waals surface area contributed by atoms with Gasteiger partial charge in [-0.25, -0.2) is 0 Å². The quantitative estimate of drug-likeness (QED) is 0.663. The molecule has 0 bridgehead atoms. The summed E-state index contributed by atoms with van der Waals surface area (Å²) in [6.07, 6.45) is 0.875. The van der Waals surface area contributed by atoms with E-state index in [4.69, 9.17) is 4.74 Å². The first-order valence-electron chi connectivity index (χ1n) is 5.13. The van der Waals surface area contributed by atoms with Crippen molar-refractivity contribution in [1.82, 2.24) is 5.32 Å². The van der Waals surface area contributed by atoms with Crippen molar-refractivity contribution in [3.05, 3.63) is 0 Å². The summed E-state index contributed by atoms with van der Waals surface area (Å²) in [7, 11) is 1.65. The molecule has 2 amide bonds. The highest BCUT2D eigenvalue weighted by Gasteiger charge is 2.21. The molecule has 1 saturated heterocycles. The molecule has 0 unspecified atom stereocenters. The summed E-state index contributed by atoms with van der Waals surface area (Å²) in [5, 5.41) is 2.59. The number of rotatable bonds is 1. The van der Waals surface area contributed by atoms with E-state index in [0.29, 0.717) is 6.61 Å². The number of hydrogen-bond acceptors (Lipinski definition) is 3. The van der Waals surface area contributed by atoms with Crippen LogP contribution in [0.1, 0.15) is 27.2 Å². The van der Waals surface area contributed by atoms with Crippen LogP contribution in [0.3, 0.4) is 0 Å². The van der Waals surface area contributed by atoms with Crippen molar-refractivity contribution in [3.8, 4) is 0 Å². The fourth-order valence-corrected chi connectivity index (χ4v) is 0.945. The molecule has 5 nitrogen and oxygen atoms in total. The van der Waals surface area contributed by atoms with Crippen LogP contribution in [0.5, 0.6) is 0 Å². The van der Waals surface area contributed by atoms with Gasteiger partial charge in [0.2, 0.25) is 11.8 Å². The summed E-state index contributed by atoms with van der Waals surface area (Å²) in [5.41, 5.74) is 4.47. The Bertz CT molecular complexity index is 174. The Labute approximate surface area is 91.4 Å². The maximum Gasteiger partial charge on any atom is 0.225 e. The van der Waals surface area contributed by atoms with E-state index in [1.807, 2.05) is 13.8 Å². The molecule has 1 rings (SSSR count). The minimum absolute atomic E-state index is 0.104. The number of nitrogens with two attached hydrogens (primary N) is 1. The van der Waals surface area contributed by atoms with E-state index in [1.165, 1.54) is 6.92 Å². The average Bonchev–Trinajstić information content (AvgIpc) is 2.72. The SMILES string of the molecule is CC.CC(N)=O.CNC(=O)[C@@H]1CCOC1. The molecule has 15 heavy (non-hydrogen) atoms. The van der Waals surface area contributed by atoms with Crippen molar-refractivity contribution in [1.29, 1.82) is 0 Å². The van der Waals surface area contributed by atoms with Gasteiger partial charge in [-0.1, -0.05) is 13.8 Å². The Hall–Kier alpha value is -1.10. The Balaban J connectivity index is 0. The molecule has 1 heterocycles. The van der Waals surface area contributed by atoms with Gasteiger partial charge >= 0.3 is 0 Å². The minimum Gasteiger partial charge on any atom is -0.381 e. The van der Waals surface area contributed by atoms with Crippen molar-refractivity contribution in [2.24, 2.45) is 11.7 Å². The summed E-state index contributed by atoms with van der Waals surface area (Å²) in [6, 6.07) is 0. The fourth-order valence-electron chi connectivity index (χ4n) is 0.945. The van der Waals surface area contributed by atoms with Gasteiger partial charge in [0.25, 0.3) is 0 Å². The van der Waals surface area contributed by atoms with Crippen molar-refractivity contribution in [3.63, 3.8) is 0 Å². The maximum absolute atomic E-state index is 10.8. The van der Waals surface area contributed by atoms with Gasteiger partial charge in [0, 0.05) is 20.6 Å². The van der Waals surface area contributed by atoms with Crippen LogP contribution in [0.25, 0.3) is 0 Å². The van der Waals surface area contributed by atoms with E-state index in [2.05, 4.69) is 11.1 Å². The van der Waals surface area contributed by atoms with E-state index in [1.54, 1.807) is 7.05 Å². The first-order valence-corrected chi connectivity index (χ1v) is 5.13. The second-order valence-corrected chi connectivity index (χ2v) is 2.79. The van der Waals surface area contributed by atoms with Gasteiger partial charge in [-0.05, 0) is 6.42 Å². The Morgan fingerprint density at radius 1 is 1.40 bits per heavy atom. The van der Waals surface area contributed by atoms with E-state index >= 15 is 0 Å². The molecule has 1 atom stereocenters. The van der Waals surface area contributed by atoms with Crippen molar-refractivity contribution in [2.75, 3.05) is 20.3 Å². The summed E-state index contributed by atoms with van der Waals surface area (Å²) in [5.74, 6) is -0.123. The summed E-state index contributed by atoms with van der Waals surface area (Å²) >= 11 is 0. The molecule has 1 aliphatic rings. The lowest BCUT2D eigenvalue weighted by Gasteiger charge is -2.02. The highest BCUT2D eigenvalue weighted by atomic mass is 16.5. The molecule has 5 heteroatoms. The van der Waals surface area contributed by atoms with Crippen LogP contribution in [0.15, 0.2) is 0 Å². The van der Waals surface area contributed by atoms with Crippen LogP contribution in [0.2, 0.25) is 0 Å². The third-order valence-electron chi connectivity index (χ3n) is 1.55. The topological polar surface area (TPSA) is 81.4 Å². The van der Waals surface area contributed by atoms with Crippen LogP contribution in [0, 0.1) is 5.92 Å². The van der Waals surface area contributed by atoms with Gasteiger partial charge in [0.15, 0.2) is 0 Å². The smallest absolute Gasteiger partial charge is 0.225 e. The number of primary amides is 1. The molecule has 3 N–H and O–H groups in total. The largest absolute Gasteiger partial charge is 0.381 e. The molecular formula is C10H22N2O3. The van der Waals surface area contributed by atoms with Gasteiger partial charge in [-0.15, -0.1) is 0 Å². The molecule has 1 aliphatic heterocycles. The van der Waals surface area contributed by atoms with Crippen molar-refractivity contribution in [2.45, 2.75) is 27.2 Å². The van der Waals surface area contributed by atoms with Gasteiger partial charge in [-0.3, -0.25) is 9.59 Å². The van der Waals surface area contributed by atoms with E-state index in [9.17, 15) is 9.59 Å². The van der Waals surface area contributed by atoms with Crippen LogP contribution in [0.4, 0.5) is 0 Å². The molecule has 1 fully saturated rings. The monoisotopic (exact) mass is 218 g/mol. The lowest BCUT2D eigenvalue weighted by molar-refractivity contribution is -0.124. The van der Waals surface area contributed by atoms with E-state index < -0.39 is 0 Å². The molecule has 0 radical (unpaired) electrons. The van der Waals surface area contributed by atoms with Gasteiger partial charge in [0.05, 0.1) is 12.5 Å². The predicted molar refractivity (Wildman–Crippen MR) is 59.2 cm³/mol. The molecule has 90 valence electrons. The number of carbonyl (C=O) groups excluding carboxylic acids is 2. The average molecular weight is 218 g/mol. The molecule has 0 aromatic rings. The molecule has 0 saturated carbocycles. The van der Waals surface area contributed by atoms with E-state index in [-0.39, 0.29) is 17.7 Å². The number of nitrogens with one attached hydrogen (secondary N) is 1. The number of carbonyl (C=O) groups is 2. The van der Waals surface area contributed by atoms with Gasteiger partial charge in [0.1, 0.15) is 0 Å².